The van der Waals surface area contributed by atoms with Gasteiger partial charge in [0, 0.05) is 58.8 Å². The number of ether oxygens (including phenoxy) is 10. The third-order valence-electron chi connectivity index (χ3n) is 16.6. The minimum absolute atomic E-state index is 0.0393. The Morgan fingerprint density at radius 1 is 0.413 bits per heavy atom. The Labute approximate surface area is 647 Å². The number of methoxy groups -OCH3 is 4. The molecule has 4 aromatic rings. The van der Waals surface area contributed by atoms with E-state index in [-0.39, 0.29) is 80.5 Å². The lowest BCUT2D eigenvalue weighted by Gasteiger charge is -2.32. The maximum absolute atomic E-state index is 12.6. The number of nitrogens with two attached hydrogens (primary N) is 4. The Balaban J connectivity index is 0.000000261. The molecule has 622 valence electrons. The third kappa shape index (κ3) is 29.1. The van der Waals surface area contributed by atoms with E-state index in [1.807, 2.05) is 69.2 Å². The molecule has 0 aliphatic carbocycles. The van der Waals surface area contributed by atoms with Crippen LogP contribution in [-0.2, 0) is 81.8 Å². The van der Waals surface area contributed by atoms with Crippen molar-refractivity contribution in [1.82, 2.24) is 38.2 Å². The van der Waals surface area contributed by atoms with Crippen molar-refractivity contribution < 1.29 is 79.8 Å². The first-order valence-electron chi connectivity index (χ1n) is 36.4. The molecule has 109 heavy (non-hydrogen) atoms. The average molecular weight is 1600 g/mol. The molecule has 0 bridgehead atoms. The van der Waals surface area contributed by atoms with Gasteiger partial charge in [0.25, 0.3) is 0 Å². The molecule has 4 aromatic heterocycles. The van der Waals surface area contributed by atoms with Gasteiger partial charge in [-0.1, -0.05) is 83.1 Å². The van der Waals surface area contributed by atoms with Crippen molar-refractivity contribution in [2.75, 3.05) is 51.4 Å². The lowest BCUT2D eigenvalue weighted by atomic mass is 9.87. The molecule has 10 N–H and O–H groups in total. The van der Waals surface area contributed by atoms with Gasteiger partial charge in [-0.3, -0.25) is 31.8 Å². The van der Waals surface area contributed by atoms with Crippen LogP contribution in [0.15, 0.2) is 62.2 Å². The zero-order valence-electron chi connectivity index (χ0n) is 69.4. The number of aryl methyl sites for hydroxylation is 1. The second-order valence-corrected chi connectivity index (χ2v) is 40.7. The lowest BCUT2D eigenvalue weighted by molar-refractivity contribution is -0.124. The van der Waals surface area contributed by atoms with Gasteiger partial charge in [0.2, 0.25) is 0 Å². The van der Waals surface area contributed by atoms with E-state index in [1.165, 1.54) is 57.0 Å². The maximum atomic E-state index is 12.6. The Morgan fingerprint density at radius 3 is 0.945 bits per heavy atom. The first-order valence-corrected chi connectivity index (χ1v) is 40.5. The highest BCUT2D eigenvalue weighted by Crippen LogP contribution is 2.55. The summed E-state index contributed by atoms with van der Waals surface area (Å²) in [5, 5.41) is 0. The molecule has 0 aromatic carbocycles. The van der Waals surface area contributed by atoms with E-state index < -0.39 is 122 Å². The highest BCUT2D eigenvalue weighted by molar-refractivity contribution is 8.07. The van der Waals surface area contributed by atoms with Gasteiger partial charge in [0.1, 0.15) is 72.1 Å². The summed E-state index contributed by atoms with van der Waals surface area (Å²) in [7, 11) is 1.68. The monoisotopic (exact) mass is 1600 g/mol. The summed E-state index contributed by atoms with van der Waals surface area (Å²) in [5.41, 5.74) is 18.6. The quantitative estimate of drug-likeness (QED) is 0.0448. The predicted molar refractivity (Wildman–Crippen MR) is 418 cm³/mol. The number of phosphoric ester groups is 1. The molecule has 6 unspecified atom stereocenters. The van der Waals surface area contributed by atoms with Crippen molar-refractivity contribution in [2.24, 2.45) is 21.7 Å². The van der Waals surface area contributed by atoms with Crippen molar-refractivity contribution in [3.63, 3.8) is 0 Å². The Bertz CT molecular complexity index is 3840. The van der Waals surface area contributed by atoms with E-state index >= 15 is 0 Å². The van der Waals surface area contributed by atoms with Gasteiger partial charge >= 0.3 is 37.3 Å². The van der Waals surface area contributed by atoms with Crippen molar-refractivity contribution in [3.05, 3.63) is 90.5 Å². The van der Waals surface area contributed by atoms with Crippen molar-refractivity contribution in [1.29, 1.82) is 0 Å². The molecule has 4 aliphatic rings. The average Bonchev–Trinajstić information content (AvgIpc) is 1.65. The van der Waals surface area contributed by atoms with Gasteiger partial charge < -0.3 is 84.6 Å². The maximum Gasteiger partial charge on any atom is 0.473 e. The number of nitrogen functional groups attached to an aromatic ring is 4. The third-order valence-corrected chi connectivity index (χ3v) is 19.6. The van der Waals surface area contributed by atoms with Crippen LogP contribution in [-0.4, -0.2) is 172 Å². The smallest absolute Gasteiger partial charge is 0.383 e. The van der Waals surface area contributed by atoms with Crippen molar-refractivity contribution in [3.8, 4) is 0 Å². The summed E-state index contributed by atoms with van der Waals surface area (Å²) in [5.74, 6) is 0.603. The largest absolute Gasteiger partial charge is 0.473 e. The number of hydrogen-bond acceptors (Lipinski definition) is 28. The van der Waals surface area contributed by atoms with Crippen LogP contribution >= 0.6 is 14.5 Å². The van der Waals surface area contributed by atoms with Gasteiger partial charge in [-0.15, -0.1) is 0 Å². The van der Waals surface area contributed by atoms with Gasteiger partial charge in [-0.2, -0.15) is 19.9 Å². The van der Waals surface area contributed by atoms with Crippen LogP contribution in [0.3, 0.4) is 0 Å². The van der Waals surface area contributed by atoms with E-state index in [2.05, 4.69) is 82.2 Å². The highest BCUT2D eigenvalue weighted by Gasteiger charge is 2.55. The molecule has 0 amide bonds. The van der Waals surface area contributed by atoms with Gasteiger partial charge in [0.05, 0.1) is 46.8 Å². The molecule has 18 atom stereocenters. The SMILES string of the molecule is CO[C@H]1C(OC(C)(C)C)[C@@H](CC(C)(C)C)O[C@H]1n1cc(C)c(N)nc1=O.CO[C@H]1C(OC(C)(C)C)[C@@H](CC(C)(C)C)O[C@H]1n1ccc(N)nc1=O.CO[C@H]1C(OP(=O)(O)OC(C)(C)C)[C@@H](CC(C)(C)C)O[C@H]1n1ccc(N)nc1=O.CO[C@H]1C(OP(O)(=S)OC(C)(C)C)[C@@H](CC(C)(C)C)O[C@H]1n1ccc(N)nc1=O. The molecular formula is C73H128N12O21P2S. The van der Waals surface area contributed by atoms with Crippen LogP contribution in [0.2, 0.25) is 0 Å². The van der Waals surface area contributed by atoms with Crippen molar-refractivity contribution >= 4 is 49.6 Å². The molecule has 8 rings (SSSR count). The van der Waals surface area contributed by atoms with Crippen LogP contribution in [0, 0.1) is 28.6 Å². The van der Waals surface area contributed by atoms with E-state index in [0.717, 1.165) is 18.4 Å². The standard InChI is InChI=1S/C19H33N3O4.C18H32N3O7P.C18H32N3O6PS.C18H31N3O4/c1-11-10-22(17(23)21-15(11)20)16-14(24-8)13(26-19(5,6)7)12(25-16)9-18(2,3)4;1-17(2,3)10-11-13(27-29(23,24)28-18(4,5)6)14(25-7)15(26-11)21-9-8-12(19)20-16(21)22;1-17(2,3)10-11-13(26-28(23,29)27-18(4,5)6)14(24-7)15(25-11)21-9-8-12(19)20-16(21)22;1-17(2,3)10-11-13(25-18(4,5)6)14(23-7)15(24-11)21-9-8-12(19)20-16(21)22/h10,12-14,16H,9H2,1-8H3,(H2,20,21,23);8-9,11,13-15H,10H2,1-7H3,(H,23,24)(H2,19,20,22);8-9,11,13-15H,10H2,1-7H3,(H,23,29)(H2,19,20,22);8-9,11,13-15H,10H2,1-7H3,(H2,19,20,22)/t12-,13?,14+,16-;11-,13?,14+,15-;11-,13?,14+,15-,28?;11-,13?,14+,15-/m1111/s1. The highest BCUT2D eigenvalue weighted by atomic mass is 32.5. The van der Waals surface area contributed by atoms with Crippen LogP contribution < -0.4 is 45.7 Å². The molecular weight excluding hydrogens is 1470 g/mol. The summed E-state index contributed by atoms with van der Waals surface area (Å²) >= 11 is 5.24. The second-order valence-electron chi connectivity index (χ2n) is 36.6. The summed E-state index contributed by atoms with van der Waals surface area (Å²) < 4.78 is 100. The Morgan fingerprint density at radius 2 is 0.679 bits per heavy atom. The minimum Gasteiger partial charge on any atom is -0.383 e. The fourth-order valence-corrected chi connectivity index (χ4v) is 16.4. The first-order chi connectivity index (χ1) is 49.5. The number of rotatable bonds is 20. The molecule has 4 fully saturated rings. The number of phosphoric acid groups is 1. The first kappa shape index (κ1) is 94.6. The number of nitrogens with zero attached hydrogens (tertiary/aromatic N) is 8. The fourth-order valence-electron chi connectivity index (χ4n) is 12.8. The van der Waals surface area contributed by atoms with Gasteiger partial charge in [-0.05, 0) is 167 Å². The lowest BCUT2D eigenvalue weighted by Crippen LogP contribution is -2.43. The summed E-state index contributed by atoms with van der Waals surface area (Å²) in [6.45, 7) is 45.6. The molecule has 0 saturated carbocycles. The van der Waals surface area contributed by atoms with E-state index in [1.54, 1.807) is 74.2 Å². The Kier molecular flexibility index (Phi) is 31.8. The topological polar surface area (TPSA) is 430 Å². The predicted octanol–water partition coefficient (Wildman–Crippen LogP) is 10.1. The van der Waals surface area contributed by atoms with Gasteiger partial charge in [0.15, 0.2) is 24.9 Å². The molecule has 0 radical (unpaired) electrons. The van der Waals surface area contributed by atoms with Crippen LogP contribution in [0.25, 0.3) is 0 Å². The van der Waals surface area contributed by atoms with E-state index in [9.17, 15) is 33.5 Å². The number of aromatic nitrogens is 8. The zero-order chi connectivity index (χ0) is 83.2. The summed E-state index contributed by atoms with van der Waals surface area (Å²) in [4.78, 5) is 85.5. The number of anilines is 4. The van der Waals surface area contributed by atoms with Crippen LogP contribution in [0.4, 0.5) is 23.3 Å². The minimum atomic E-state index is -4.44. The Hall–Kier alpha value is -5.04. The van der Waals surface area contributed by atoms with Crippen LogP contribution in [0.1, 0.15) is 222 Å². The van der Waals surface area contributed by atoms with Gasteiger partial charge in [-0.25, -0.2) is 23.7 Å². The van der Waals surface area contributed by atoms with Crippen molar-refractivity contribution in [2.45, 2.75) is 319 Å². The second kappa shape index (κ2) is 36.6. The number of hydrogen-bond donors (Lipinski definition) is 6. The summed E-state index contributed by atoms with van der Waals surface area (Å²) in [6, 6.07) is 4.54. The molecule has 0 spiro atoms. The van der Waals surface area contributed by atoms with E-state index in [0.29, 0.717) is 12.8 Å². The fraction of sp³-hybridized carbons (Fsp3) is 0.781. The zero-order valence-corrected chi connectivity index (χ0v) is 72.1. The molecule has 4 saturated heterocycles. The molecule has 33 nitrogen and oxygen atoms in total. The van der Waals surface area contributed by atoms with E-state index in [4.69, 9.17) is 100 Å². The summed E-state index contributed by atoms with van der Waals surface area (Å²) in [6.07, 6.45) is -0.329. The van der Waals surface area contributed by atoms with Crippen LogP contribution in [0.5, 0.6) is 0 Å². The normalized spacial score (nSPS) is 27.6. The molecule has 4 aliphatic heterocycles. The molecule has 8 heterocycles. The molecule has 36 heteroatoms.